The Balaban J connectivity index is 1.57. The van der Waals surface area contributed by atoms with Crippen LogP contribution in [0, 0.1) is 0 Å². The van der Waals surface area contributed by atoms with Crippen LogP contribution in [0.5, 0.6) is 0 Å². The molecule has 1 saturated heterocycles. The minimum atomic E-state index is -0.396. The summed E-state index contributed by atoms with van der Waals surface area (Å²) in [5.41, 5.74) is 5.14. The van der Waals surface area contributed by atoms with Crippen molar-refractivity contribution in [1.29, 1.82) is 0 Å². The second kappa shape index (κ2) is 7.00. The van der Waals surface area contributed by atoms with E-state index in [0.29, 0.717) is 17.8 Å². The van der Waals surface area contributed by atoms with Gasteiger partial charge in [-0.1, -0.05) is 30.3 Å². The number of hydrogen-bond donors (Lipinski definition) is 1. The second-order valence-electron chi connectivity index (χ2n) is 5.83. The van der Waals surface area contributed by atoms with Gasteiger partial charge in [0.2, 0.25) is 0 Å². The summed E-state index contributed by atoms with van der Waals surface area (Å²) in [6, 6.07) is 11.7. The highest BCUT2D eigenvalue weighted by molar-refractivity contribution is 5.99. The van der Waals surface area contributed by atoms with Crippen LogP contribution < -0.4 is 5.48 Å². The van der Waals surface area contributed by atoms with Crippen molar-refractivity contribution in [2.75, 3.05) is 6.61 Å². The lowest BCUT2D eigenvalue weighted by atomic mass is 10.1. The molecule has 128 valence electrons. The maximum atomic E-state index is 12.4. The van der Waals surface area contributed by atoms with E-state index >= 15 is 0 Å². The number of carbonyl (C=O) groups excluding carboxylic acids is 1. The quantitative estimate of drug-likeness (QED) is 0.740. The first-order valence-electron chi connectivity index (χ1n) is 8.29. The van der Waals surface area contributed by atoms with Crippen LogP contribution in [0.3, 0.4) is 0 Å². The van der Waals surface area contributed by atoms with E-state index < -0.39 is 6.29 Å². The molecular weight excluding hydrogens is 320 g/mol. The summed E-state index contributed by atoms with van der Waals surface area (Å²) in [7, 11) is 0. The van der Waals surface area contributed by atoms with Gasteiger partial charge in [0, 0.05) is 24.8 Å². The largest absolute Gasteiger partial charge is 0.350 e. The van der Waals surface area contributed by atoms with Crippen LogP contribution in [0.15, 0.2) is 48.8 Å². The fraction of sp³-hybridized carbons (Fsp3) is 0.278. The first kappa shape index (κ1) is 15.7. The number of aromatic nitrogens is 3. The van der Waals surface area contributed by atoms with Gasteiger partial charge < -0.3 is 4.74 Å². The van der Waals surface area contributed by atoms with Crippen LogP contribution in [0.25, 0.3) is 16.9 Å². The third-order valence-electron chi connectivity index (χ3n) is 4.14. The molecule has 0 aliphatic carbocycles. The number of rotatable bonds is 4. The van der Waals surface area contributed by atoms with E-state index in [4.69, 9.17) is 9.57 Å². The molecule has 0 saturated carbocycles. The average Bonchev–Trinajstić information content (AvgIpc) is 3.12. The lowest BCUT2D eigenvalue weighted by molar-refractivity contribution is -0.186. The molecule has 25 heavy (non-hydrogen) atoms. The summed E-state index contributed by atoms with van der Waals surface area (Å²) < 4.78 is 7.09. The Morgan fingerprint density at radius 2 is 2.12 bits per heavy atom. The Bertz CT molecular complexity index is 872. The SMILES string of the molecule is O=C(NOC1CCCCO1)c1cnn2c(-c3ccccc3)ccnc12. The monoisotopic (exact) mass is 338 g/mol. The fourth-order valence-electron chi connectivity index (χ4n) is 2.86. The lowest BCUT2D eigenvalue weighted by Crippen LogP contribution is -2.33. The number of fused-ring (bicyclic) bond motifs is 1. The van der Waals surface area contributed by atoms with E-state index in [2.05, 4.69) is 15.6 Å². The molecule has 0 bridgehead atoms. The topological polar surface area (TPSA) is 77.8 Å². The molecule has 1 atom stereocenters. The van der Waals surface area contributed by atoms with Crippen molar-refractivity contribution in [1.82, 2.24) is 20.1 Å². The molecule has 0 spiro atoms. The maximum Gasteiger partial charge on any atom is 0.280 e. The van der Waals surface area contributed by atoms with Crippen LogP contribution in [0.2, 0.25) is 0 Å². The van der Waals surface area contributed by atoms with Crippen molar-refractivity contribution in [2.24, 2.45) is 0 Å². The van der Waals surface area contributed by atoms with Crippen molar-refractivity contribution in [3.05, 3.63) is 54.4 Å². The highest BCUT2D eigenvalue weighted by Gasteiger charge is 2.19. The molecule has 4 rings (SSSR count). The van der Waals surface area contributed by atoms with E-state index in [1.54, 1.807) is 10.7 Å². The van der Waals surface area contributed by atoms with Crippen molar-refractivity contribution < 1.29 is 14.4 Å². The van der Waals surface area contributed by atoms with Gasteiger partial charge in [-0.3, -0.25) is 4.79 Å². The minimum absolute atomic E-state index is 0.355. The zero-order valence-corrected chi connectivity index (χ0v) is 13.6. The number of amides is 1. The van der Waals surface area contributed by atoms with E-state index in [1.807, 2.05) is 36.4 Å². The summed E-state index contributed by atoms with van der Waals surface area (Å²) >= 11 is 0. The summed E-state index contributed by atoms with van der Waals surface area (Å²) in [4.78, 5) is 22.1. The molecule has 7 heteroatoms. The second-order valence-corrected chi connectivity index (χ2v) is 5.83. The minimum Gasteiger partial charge on any atom is -0.350 e. The highest BCUT2D eigenvalue weighted by atomic mass is 16.8. The van der Waals surface area contributed by atoms with Gasteiger partial charge in [0.05, 0.1) is 11.9 Å². The van der Waals surface area contributed by atoms with Gasteiger partial charge in [-0.05, 0) is 18.9 Å². The Labute approximate surface area is 144 Å². The normalized spacial score (nSPS) is 17.5. The fourth-order valence-corrected chi connectivity index (χ4v) is 2.86. The number of ether oxygens (including phenoxy) is 1. The third kappa shape index (κ3) is 3.24. The van der Waals surface area contributed by atoms with Crippen molar-refractivity contribution in [2.45, 2.75) is 25.6 Å². The predicted molar refractivity (Wildman–Crippen MR) is 90.6 cm³/mol. The molecule has 7 nitrogen and oxygen atoms in total. The zero-order chi connectivity index (χ0) is 17.1. The molecule has 1 aliphatic heterocycles. The van der Waals surface area contributed by atoms with E-state index in [0.717, 1.165) is 30.5 Å². The molecule has 1 aliphatic rings. The van der Waals surface area contributed by atoms with Gasteiger partial charge in [0.25, 0.3) is 5.91 Å². The van der Waals surface area contributed by atoms with Crippen LogP contribution >= 0.6 is 0 Å². The van der Waals surface area contributed by atoms with Gasteiger partial charge in [-0.15, -0.1) is 0 Å². The third-order valence-corrected chi connectivity index (χ3v) is 4.14. The van der Waals surface area contributed by atoms with Crippen LogP contribution in [-0.2, 0) is 9.57 Å². The smallest absolute Gasteiger partial charge is 0.280 e. The maximum absolute atomic E-state index is 12.4. The molecule has 2 aromatic heterocycles. The van der Waals surface area contributed by atoms with Crippen LogP contribution in [-0.4, -0.2) is 33.4 Å². The first-order chi connectivity index (χ1) is 12.3. The number of benzene rings is 1. The molecular formula is C18H18N4O3. The first-order valence-corrected chi connectivity index (χ1v) is 8.29. The Kier molecular flexibility index (Phi) is 4.41. The molecule has 1 amide bonds. The van der Waals surface area contributed by atoms with Crippen LogP contribution in [0.4, 0.5) is 0 Å². The van der Waals surface area contributed by atoms with E-state index in [9.17, 15) is 4.79 Å². The standard InChI is InChI=1S/C18H18N4O3/c23-18(21-25-16-8-4-5-11-24-16)14-12-20-22-15(9-10-19-17(14)22)13-6-2-1-3-7-13/h1-3,6-7,9-10,12,16H,4-5,8,11H2,(H,21,23). The van der Waals surface area contributed by atoms with Gasteiger partial charge in [0.15, 0.2) is 11.9 Å². The zero-order valence-electron chi connectivity index (χ0n) is 13.6. The molecule has 3 aromatic rings. The number of nitrogens with zero attached hydrogens (tertiary/aromatic N) is 3. The summed E-state index contributed by atoms with van der Waals surface area (Å²) in [6.07, 6.45) is 5.59. The molecule has 1 unspecified atom stereocenters. The van der Waals surface area contributed by atoms with E-state index in [1.165, 1.54) is 6.20 Å². The molecule has 3 heterocycles. The highest BCUT2D eigenvalue weighted by Crippen LogP contribution is 2.20. The molecule has 1 fully saturated rings. The van der Waals surface area contributed by atoms with Crippen LogP contribution in [0.1, 0.15) is 29.6 Å². The molecule has 1 N–H and O–H groups in total. The molecule has 0 radical (unpaired) electrons. The Morgan fingerprint density at radius 1 is 1.24 bits per heavy atom. The summed E-state index contributed by atoms with van der Waals surface area (Å²) in [5.74, 6) is -0.387. The number of hydrogen-bond acceptors (Lipinski definition) is 5. The number of hydroxylamine groups is 1. The van der Waals surface area contributed by atoms with Crippen molar-refractivity contribution in [3.8, 4) is 11.3 Å². The number of nitrogens with one attached hydrogen (secondary N) is 1. The predicted octanol–water partition coefficient (Wildman–Crippen LogP) is 2.58. The Morgan fingerprint density at radius 3 is 2.92 bits per heavy atom. The van der Waals surface area contributed by atoms with Crippen molar-refractivity contribution in [3.63, 3.8) is 0 Å². The van der Waals surface area contributed by atoms with Gasteiger partial charge in [0.1, 0.15) is 5.56 Å². The number of carbonyl (C=O) groups is 1. The van der Waals surface area contributed by atoms with Crippen molar-refractivity contribution >= 4 is 11.6 Å². The lowest BCUT2D eigenvalue weighted by Gasteiger charge is -2.21. The van der Waals surface area contributed by atoms with Gasteiger partial charge in [-0.2, -0.15) is 5.10 Å². The average molecular weight is 338 g/mol. The van der Waals surface area contributed by atoms with E-state index in [-0.39, 0.29) is 5.91 Å². The van der Waals surface area contributed by atoms with Gasteiger partial charge in [-0.25, -0.2) is 19.8 Å². The summed E-state index contributed by atoms with van der Waals surface area (Å²) in [5, 5.41) is 4.32. The summed E-state index contributed by atoms with van der Waals surface area (Å²) in [6.45, 7) is 0.652. The molecule has 1 aromatic carbocycles. The Hall–Kier alpha value is -2.77. The van der Waals surface area contributed by atoms with Gasteiger partial charge >= 0.3 is 0 Å².